The minimum absolute atomic E-state index is 0.485. The van der Waals surface area contributed by atoms with Crippen LogP contribution in [0.25, 0.3) is 10.9 Å². The second-order valence-corrected chi connectivity index (χ2v) is 3.15. The monoisotopic (exact) mass is 182 g/mol. The van der Waals surface area contributed by atoms with Gasteiger partial charge in [0.05, 0.1) is 5.52 Å². The summed E-state index contributed by atoms with van der Waals surface area (Å²) in [7, 11) is 0. The number of pyridine rings is 1. The number of fused-ring (bicyclic) bond motifs is 1. The Bertz CT molecular complexity index is 509. The maximum absolute atomic E-state index is 8.75. The summed E-state index contributed by atoms with van der Waals surface area (Å²) >= 11 is 0. The van der Waals surface area contributed by atoms with Crippen LogP contribution in [0, 0.1) is 11.3 Å². The van der Waals surface area contributed by atoms with Crippen molar-refractivity contribution in [1.82, 2.24) is 4.98 Å². The molecule has 0 aliphatic heterocycles. The van der Waals surface area contributed by atoms with Crippen LogP contribution in [0.2, 0.25) is 0 Å². The molecule has 0 aliphatic rings. The van der Waals surface area contributed by atoms with Crippen LogP contribution in [0.1, 0.15) is 18.2 Å². The molecule has 1 heterocycles. The Morgan fingerprint density at radius 1 is 1.29 bits per heavy atom. The van der Waals surface area contributed by atoms with Crippen molar-refractivity contribution in [2.45, 2.75) is 13.3 Å². The summed E-state index contributed by atoms with van der Waals surface area (Å²) in [6.07, 6.45) is 0.944. The van der Waals surface area contributed by atoms with E-state index in [1.165, 1.54) is 5.56 Å². The highest BCUT2D eigenvalue weighted by Crippen LogP contribution is 2.17. The molecule has 2 nitrogen and oxygen atoms in total. The van der Waals surface area contributed by atoms with Crippen LogP contribution in [0.4, 0.5) is 0 Å². The molecule has 1 aromatic heterocycles. The maximum Gasteiger partial charge on any atom is 0.141 e. The second-order valence-electron chi connectivity index (χ2n) is 3.15. The van der Waals surface area contributed by atoms with Crippen molar-refractivity contribution in [3.63, 3.8) is 0 Å². The van der Waals surface area contributed by atoms with Gasteiger partial charge >= 0.3 is 0 Å². The van der Waals surface area contributed by atoms with Gasteiger partial charge in [0, 0.05) is 5.39 Å². The standard InChI is InChI=1S/C12H10N2/c1-2-9-4-3-5-10-6-7-11(8-13)14-12(9)10/h3-7H,2H2,1H3. The fraction of sp³-hybridized carbons (Fsp3) is 0.167. The van der Waals surface area contributed by atoms with E-state index < -0.39 is 0 Å². The van der Waals surface area contributed by atoms with Gasteiger partial charge in [0.2, 0.25) is 0 Å². The zero-order valence-corrected chi connectivity index (χ0v) is 7.99. The summed E-state index contributed by atoms with van der Waals surface area (Å²) in [6, 6.07) is 11.8. The molecule has 68 valence electrons. The first-order chi connectivity index (χ1) is 6.85. The lowest BCUT2D eigenvalue weighted by atomic mass is 10.1. The first-order valence-corrected chi connectivity index (χ1v) is 4.64. The highest BCUT2D eigenvalue weighted by atomic mass is 14.7. The predicted molar refractivity (Wildman–Crippen MR) is 55.8 cm³/mol. The summed E-state index contributed by atoms with van der Waals surface area (Å²) < 4.78 is 0. The van der Waals surface area contributed by atoms with Gasteiger partial charge < -0.3 is 0 Å². The third kappa shape index (κ3) is 1.33. The molecule has 0 unspecified atom stereocenters. The van der Waals surface area contributed by atoms with Crippen molar-refractivity contribution in [1.29, 1.82) is 5.26 Å². The molecule has 0 fully saturated rings. The van der Waals surface area contributed by atoms with Gasteiger partial charge in [-0.05, 0) is 24.1 Å². The number of rotatable bonds is 1. The SMILES string of the molecule is CCc1cccc2ccc(C#N)nc12. The van der Waals surface area contributed by atoms with Crippen LogP contribution in [-0.2, 0) is 6.42 Å². The normalized spacial score (nSPS) is 10.0. The smallest absolute Gasteiger partial charge is 0.141 e. The molecule has 14 heavy (non-hydrogen) atoms. The van der Waals surface area contributed by atoms with Gasteiger partial charge in [-0.2, -0.15) is 5.26 Å². The zero-order chi connectivity index (χ0) is 9.97. The molecule has 0 aliphatic carbocycles. The lowest BCUT2D eigenvalue weighted by Crippen LogP contribution is -1.89. The van der Waals surface area contributed by atoms with Crippen LogP contribution in [-0.4, -0.2) is 4.98 Å². The second kappa shape index (κ2) is 3.47. The lowest BCUT2D eigenvalue weighted by molar-refractivity contribution is 1.14. The van der Waals surface area contributed by atoms with Crippen molar-refractivity contribution >= 4 is 10.9 Å². The molecule has 0 N–H and O–H groups in total. The van der Waals surface area contributed by atoms with E-state index in [-0.39, 0.29) is 0 Å². The van der Waals surface area contributed by atoms with Crippen LogP contribution in [0.5, 0.6) is 0 Å². The van der Waals surface area contributed by atoms with Crippen molar-refractivity contribution < 1.29 is 0 Å². The number of para-hydroxylation sites is 1. The van der Waals surface area contributed by atoms with E-state index in [0.29, 0.717) is 5.69 Å². The molecule has 0 saturated carbocycles. The number of nitrogens with zero attached hydrogens (tertiary/aromatic N) is 2. The van der Waals surface area contributed by atoms with E-state index >= 15 is 0 Å². The van der Waals surface area contributed by atoms with Crippen LogP contribution >= 0.6 is 0 Å². The average molecular weight is 182 g/mol. The van der Waals surface area contributed by atoms with Gasteiger partial charge in [0.15, 0.2) is 0 Å². The fourth-order valence-corrected chi connectivity index (χ4v) is 1.56. The van der Waals surface area contributed by atoms with Gasteiger partial charge in [0.25, 0.3) is 0 Å². The van der Waals surface area contributed by atoms with Crippen LogP contribution < -0.4 is 0 Å². The van der Waals surface area contributed by atoms with Gasteiger partial charge in [-0.1, -0.05) is 25.1 Å². The Morgan fingerprint density at radius 2 is 2.14 bits per heavy atom. The zero-order valence-electron chi connectivity index (χ0n) is 7.99. The molecule has 0 radical (unpaired) electrons. The molecular weight excluding hydrogens is 172 g/mol. The number of hydrogen-bond donors (Lipinski definition) is 0. The lowest BCUT2D eigenvalue weighted by Gasteiger charge is -2.02. The number of benzene rings is 1. The third-order valence-corrected chi connectivity index (χ3v) is 2.30. The Kier molecular flexibility index (Phi) is 2.16. The van der Waals surface area contributed by atoms with Crippen molar-refractivity contribution in [2.75, 3.05) is 0 Å². The summed E-state index contributed by atoms with van der Waals surface area (Å²) in [5, 5.41) is 9.85. The maximum atomic E-state index is 8.75. The van der Waals surface area contributed by atoms with Gasteiger partial charge in [-0.15, -0.1) is 0 Å². The minimum atomic E-state index is 0.485. The minimum Gasteiger partial charge on any atom is -0.237 e. The average Bonchev–Trinajstić information content (AvgIpc) is 2.27. The Labute approximate surface area is 82.8 Å². The van der Waals surface area contributed by atoms with E-state index in [9.17, 15) is 0 Å². The number of aromatic nitrogens is 1. The highest BCUT2D eigenvalue weighted by Gasteiger charge is 2.01. The number of nitriles is 1. The molecule has 1 aromatic carbocycles. The number of aryl methyl sites for hydroxylation is 1. The Morgan fingerprint density at radius 3 is 2.86 bits per heavy atom. The number of hydrogen-bond acceptors (Lipinski definition) is 2. The topological polar surface area (TPSA) is 36.7 Å². The molecule has 0 bridgehead atoms. The first kappa shape index (κ1) is 8.71. The van der Waals surface area contributed by atoms with Gasteiger partial charge in [0.1, 0.15) is 11.8 Å². The first-order valence-electron chi connectivity index (χ1n) is 4.64. The summed E-state index contributed by atoms with van der Waals surface area (Å²) in [5.74, 6) is 0. The molecule has 2 heteroatoms. The van der Waals surface area contributed by atoms with Gasteiger partial charge in [-0.3, -0.25) is 0 Å². The van der Waals surface area contributed by atoms with Crippen molar-refractivity contribution in [2.24, 2.45) is 0 Å². The summed E-state index contributed by atoms with van der Waals surface area (Å²) in [6.45, 7) is 2.09. The van der Waals surface area contributed by atoms with E-state index in [2.05, 4.69) is 24.0 Å². The quantitative estimate of drug-likeness (QED) is 0.679. The molecule has 0 saturated heterocycles. The van der Waals surface area contributed by atoms with Crippen molar-refractivity contribution in [3.8, 4) is 6.07 Å². The van der Waals surface area contributed by atoms with Gasteiger partial charge in [-0.25, -0.2) is 4.98 Å². The van der Waals surface area contributed by atoms with Crippen LogP contribution in [0.15, 0.2) is 30.3 Å². The Hall–Kier alpha value is -1.88. The van der Waals surface area contributed by atoms with E-state index in [1.54, 1.807) is 6.07 Å². The summed E-state index contributed by atoms with van der Waals surface area (Å²) in [4.78, 5) is 4.30. The third-order valence-electron chi connectivity index (χ3n) is 2.30. The molecular formula is C12H10N2. The van der Waals surface area contributed by atoms with E-state index in [0.717, 1.165) is 17.3 Å². The molecule has 2 aromatic rings. The fourth-order valence-electron chi connectivity index (χ4n) is 1.56. The molecule has 2 rings (SSSR count). The van der Waals surface area contributed by atoms with Crippen molar-refractivity contribution in [3.05, 3.63) is 41.6 Å². The van der Waals surface area contributed by atoms with E-state index in [4.69, 9.17) is 5.26 Å². The predicted octanol–water partition coefficient (Wildman–Crippen LogP) is 2.67. The molecule has 0 atom stereocenters. The largest absolute Gasteiger partial charge is 0.237 e. The van der Waals surface area contributed by atoms with E-state index in [1.807, 2.05) is 18.2 Å². The summed E-state index contributed by atoms with van der Waals surface area (Å²) in [5.41, 5.74) is 2.63. The van der Waals surface area contributed by atoms with Crippen LogP contribution in [0.3, 0.4) is 0 Å². The Balaban J connectivity index is 2.78. The molecule has 0 spiro atoms. The highest BCUT2D eigenvalue weighted by molar-refractivity contribution is 5.82. The molecule has 0 amide bonds.